The van der Waals surface area contributed by atoms with Crippen molar-refractivity contribution in [3.63, 3.8) is 0 Å². The van der Waals surface area contributed by atoms with E-state index in [1.807, 2.05) is 13.8 Å². The normalized spacial score (nSPS) is 11.9. The predicted molar refractivity (Wildman–Crippen MR) is 141 cm³/mol. The lowest BCUT2D eigenvalue weighted by Gasteiger charge is -2.21. The molecule has 0 fully saturated rings. The molecule has 0 amide bonds. The van der Waals surface area contributed by atoms with E-state index < -0.39 is 39.9 Å². The smallest absolute Gasteiger partial charge is 0.229 e. The molecule has 3 rings (SSSR count). The molecule has 0 radical (unpaired) electrons. The molecular weight excluding hydrogens is 479 g/mol. The standard InChI is InChI=1S/C28H31O5PS/c1-18-14-20(3)25(21(4)15-18)27(29)34(31,12-13-35(32,33)24-10-8-7-9-11-24)28(30)26-22(5)16-19(2)17-23(26)6/h7-11,14-17H,12-13H2,1-6H3. The van der Waals surface area contributed by atoms with Crippen molar-refractivity contribution in [2.24, 2.45) is 0 Å². The number of benzene rings is 3. The van der Waals surface area contributed by atoms with E-state index in [4.69, 9.17) is 0 Å². The van der Waals surface area contributed by atoms with Crippen LogP contribution >= 0.6 is 7.14 Å². The Morgan fingerprint density at radius 3 is 1.43 bits per heavy atom. The zero-order valence-corrected chi connectivity index (χ0v) is 22.7. The first-order chi connectivity index (χ1) is 16.3. The van der Waals surface area contributed by atoms with Crippen LogP contribution in [0.4, 0.5) is 0 Å². The third kappa shape index (κ3) is 5.39. The van der Waals surface area contributed by atoms with Gasteiger partial charge in [0.25, 0.3) is 0 Å². The molecule has 0 unspecified atom stereocenters. The second-order valence-electron chi connectivity index (χ2n) is 9.25. The minimum absolute atomic E-state index is 0.0665. The van der Waals surface area contributed by atoms with Gasteiger partial charge in [-0.15, -0.1) is 0 Å². The largest absolute Gasteiger partial charge is 0.307 e. The molecule has 0 spiro atoms. The number of sulfone groups is 1. The minimum atomic E-state index is -4.36. The highest BCUT2D eigenvalue weighted by Crippen LogP contribution is 2.53. The summed E-state index contributed by atoms with van der Waals surface area (Å²) >= 11 is 0. The van der Waals surface area contributed by atoms with Gasteiger partial charge in [-0.25, -0.2) is 8.42 Å². The molecule has 0 bridgehead atoms. The molecule has 0 N–H and O–H groups in total. The van der Waals surface area contributed by atoms with E-state index in [9.17, 15) is 22.6 Å². The lowest BCUT2D eigenvalue weighted by molar-refractivity contribution is 0.103. The molecule has 0 aliphatic carbocycles. The van der Waals surface area contributed by atoms with Gasteiger partial charge in [0, 0.05) is 17.3 Å². The van der Waals surface area contributed by atoms with Crippen LogP contribution < -0.4 is 0 Å². The van der Waals surface area contributed by atoms with E-state index in [2.05, 4.69) is 0 Å². The summed E-state index contributed by atoms with van der Waals surface area (Å²) in [6.45, 7) is 10.8. The van der Waals surface area contributed by atoms with Gasteiger partial charge in [-0.2, -0.15) is 0 Å². The van der Waals surface area contributed by atoms with E-state index in [1.54, 1.807) is 70.2 Å². The number of rotatable bonds is 8. The van der Waals surface area contributed by atoms with E-state index in [1.165, 1.54) is 12.1 Å². The van der Waals surface area contributed by atoms with Gasteiger partial charge >= 0.3 is 0 Å². The lowest BCUT2D eigenvalue weighted by atomic mass is 10.0. The van der Waals surface area contributed by atoms with Crippen LogP contribution in [0.25, 0.3) is 0 Å². The van der Waals surface area contributed by atoms with E-state index in [-0.39, 0.29) is 16.0 Å². The summed E-state index contributed by atoms with van der Waals surface area (Å²) in [6, 6.07) is 15.0. The minimum Gasteiger partial charge on any atom is -0.307 e. The molecule has 0 aliphatic heterocycles. The Bertz CT molecular complexity index is 1350. The van der Waals surface area contributed by atoms with Crippen molar-refractivity contribution in [1.82, 2.24) is 0 Å². The first-order valence-corrected chi connectivity index (χ1v) is 14.9. The molecule has 0 aliphatic rings. The van der Waals surface area contributed by atoms with Crippen LogP contribution in [0, 0.1) is 41.5 Å². The number of aryl methyl sites for hydroxylation is 6. The molecule has 0 heterocycles. The van der Waals surface area contributed by atoms with Crippen molar-refractivity contribution in [3.05, 3.63) is 99.1 Å². The first kappa shape index (κ1) is 26.8. The molecule has 0 aromatic heterocycles. The van der Waals surface area contributed by atoms with Crippen molar-refractivity contribution < 1.29 is 22.6 Å². The monoisotopic (exact) mass is 510 g/mol. The van der Waals surface area contributed by atoms with Gasteiger partial charge in [0.2, 0.25) is 18.2 Å². The second-order valence-corrected chi connectivity index (χ2v) is 14.1. The van der Waals surface area contributed by atoms with Crippen molar-refractivity contribution in [1.29, 1.82) is 0 Å². The third-order valence-corrected chi connectivity index (χ3v) is 10.9. The summed E-state index contributed by atoms with van der Waals surface area (Å²) in [6.07, 6.45) is -0.554. The summed E-state index contributed by atoms with van der Waals surface area (Å²) in [5.74, 6) is -0.570. The lowest BCUT2D eigenvalue weighted by Crippen LogP contribution is -2.21. The highest BCUT2D eigenvalue weighted by atomic mass is 32.2. The van der Waals surface area contributed by atoms with Crippen LogP contribution in [0.15, 0.2) is 59.5 Å². The Labute approximate surface area is 207 Å². The fraction of sp³-hybridized carbons (Fsp3) is 0.286. The first-order valence-electron chi connectivity index (χ1n) is 11.4. The molecule has 5 nitrogen and oxygen atoms in total. The SMILES string of the molecule is Cc1cc(C)c(C(=O)P(=O)(CCS(=O)(=O)c2ccccc2)C(=O)c2c(C)cc(C)cc2C)c(C)c1. The summed E-state index contributed by atoms with van der Waals surface area (Å²) in [7, 11) is -8.21. The molecule has 7 heteroatoms. The molecule has 35 heavy (non-hydrogen) atoms. The average Bonchev–Trinajstić information content (AvgIpc) is 2.76. The Hall–Kier alpha value is -2.82. The number of carbonyl (C=O) groups excluding carboxylic acids is 2. The Morgan fingerprint density at radius 1 is 0.686 bits per heavy atom. The summed E-state index contributed by atoms with van der Waals surface area (Å²) in [4.78, 5) is 27.9. The zero-order valence-electron chi connectivity index (χ0n) is 21.0. The molecular formula is C28H31O5PS. The van der Waals surface area contributed by atoms with E-state index >= 15 is 0 Å². The summed E-state index contributed by atoms with van der Waals surface area (Å²) < 4.78 is 40.5. The number of carbonyl (C=O) groups is 2. The van der Waals surface area contributed by atoms with Gasteiger partial charge in [-0.1, -0.05) is 53.6 Å². The highest BCUT2D eigenvalue weighted by Gasteiger charge is 2.43. The van der Waals surface area contributed by atoms with Crippen LogP contribution in [0.5, 0.6) is 0 Å². The second kappa shape index (κ2) is 10.0. The van der Waals surface area contributed by atoms with Crippen LogP contribution in [0.3, 0.4) is 0 Å². The van der Waals surface area contributed by atoms with Crippen LogP contribution in [-0.4, -0.2) is 31.4 Å². The predicted octanol–water partition coefficient (Wildman–Crippen LogP) is 6.35. The van der Waals surface area contributed by atoms with Gasteiger partial charge in [0.15, 0.2) is 9.84 Å². The van der Waals surface area contributed by atoms with Gasteiger partial charge in [-0.3, -0.25) is 9.59 Å². The highest BCUT2D eigenvalue weighted by molar-refractivity contribution is 7.97. The molecule has 184 valence electrons. The van der Waals surface area contributed by atoms with Crippen LogP contribution in [0.1, 0.15) is 54.1 Å². The average molecular weight is 511 g/mol. The van der Waals surface area contributed by atoms with Crippen molar-refractivity contribution >= 4 is 28.0 Å². The van der Waals surface area contributed by atoms with Gasteiger partial charge in [-0.05, 0) is 75.9 Å². The van der Waals surface area contributed by atoms with Gasteiger partial charge in [0.1, 0.15) is 0 Å². The van der Waals surface area contributed by atoms with Crippen molar-refractivity contribution in [2.45, 2.75) is 46.4 Å². The molecule has 3 aromatic rings. The third-order valence-electron chi connectivity index (χ3n) is 6.22. The number of hydrogen-bond donors (Lipinski definition) is 0. The maximum atomic E-state index is 14.5. The zero-order chi connectivity index (χ0) is 26.1. The summed E-state index contributed by atoms with van der Waals surface area (Å²) in [5.41, 5.74) is 3.24. The quantitative estimate of drug-likeness (QED) is 0.330. The number of hydrogen-bond acceptors (Lipinski definition) is 5. The van der Waals surface area contributed by atoms with Gasteiger partial charge in [0.05, 0.1) is 10.6 Å². The fourth-order valence-electron chi connectivity index (χ4n) is 4.69. The van der Waals surface area contributed by atoms with Crippen LogP contribution in [-0.2, 0) is 14.4 Å². The van der Waals surface area contributed by atoms with Crippen LogP contribution in [0.2, 0.25) is 0 Å². The Balaban J connectivity index is 2.16. The van der Waals surface area contributed by atoms with Crippen molar-refractivity contribution in [2.75, 3.05) is 11.9 Å². The van der Waals surface area contributed by atoms with E-state index in [0.717, 1.165) is 11.1 Å². The molecule has 0 saturated heterocycles. The maximum Gasteiger partial charge on any atom is 0.229 e. The summed E-state index contributed by atoms with van der Waals surface area (Å²) in [5, 5.41) is 0. The Kier molecular flexibility index (Phi) is 7.68. The topological polar surface area (TPSA) is 85.3 Å². The fourth-order valence-corrected chi connectivity index (χ4v) is 9.50. The Morgan fingerprint density at radius 2 is 1.06 bits per heavy atom. The van der Waals surface area contributed by atoms with Crippen molar-refractivity contribution in [3.8, 4) is 0 Å². The molecule has 3 aromatic carbocycles. The molecule has 0 saturated carbocycles. The van der Waals surface area contributed by atoms with E-state index in [0.29, 0.717) is 22.3 Å². The maximum absolute atomic E-state index is 14.5. The van der Waals surface area contributed by atoms with Gasteiger partial charge < -0.3 is 4.57 Å². The molecule has 0 atom stereocenters.